The van der Waals surface area contributed by atoms with E-state index in [-0.39, 0.29) is 29.2 Å². The molecule has 1 aliphatic carbocycles. The van der Waals surface area contributed by atoms with Crippen LogP contribution in [0, 0.1) is 11.3 Å². The van der Waals surface area contributed by atoms with Gasteiger partial charge in [-0.05, 0) is 54.8 Å². The number of benzene rings is 2. The maximum atomic E-state index is 13.9. The monoisotopic (exact) mass is 502 g/mol. The number of hydrogen-bond acceptors (Lipinski definition) is 6. The molecule has 1 saturated carbocycles. The van der Waals surface area contributed by atoms with Gasteiger partial charge in [-0.15, -0.1) is 4.40 Å². The molecule has 0 radical (unpaired) electrons. The number of nitriles is 1. The molecule has 2 heterocycles. The second-order valence-electron chi connectivity index (χ2n) is 9.07. The van der Waals surface area contributed by atoms with Crippen molar-refractivity contribution in [2.45, 2.75) is 55.6 Å². The largest absolute Gasteiger partial charge is 0.467 e. The number of hydrogen-bond donors (Lipinski definition) is 1. The molecule has 0 saturated heterocycles. The topological polar surface area (TPSA) is 116 Å². The molecule has 8 nitrogen and oxygen atoms in total. The fourth-order valence-electron chi connectivity index (χ4n) is 4.89. The molecule has 1 atom stereocenters. The molecule has 3 aromatic rings. The minimum absolute atomic E-state index is 0.0548. The van der Waals surface area contributed by atoms with Crippen LogP contribution in [0.1, 0.15) is 60.6 Å². The maximum Gasteiger partial charge on any atom is 0.285 e. The van der Waals surface area contributed by atoms with Crippen LogP contribution in [0.4, 0.5) is 0 Å². The first-order valence-corrected chi connectivity index (χ1v) is 13.4. The molecule has 36 heavy (non-hydrogen) atoms. The highest BCUT2D eigenvalue weighted by molar-refractivity contribution is 7.90. The van der Waals surface area contributed by atoms with Gasteiger partial charge in [0.1, 0.15) is 16.7 Å². The Hall–Kier alpha value is -3.90. The standard InChI is InChI=1S/C27H26N4O4S/c28-17-19-12-14-20(15-13-19)25(27(32)29-21-7-2-1-3-8-21)31(18-22-9-6-16-35-22)26-23-10-4-5-11-24(23)36(33,34)30-26/h4-6,9-16,21,25H,1-3,7-8,18H2,(H,29,32). The lowest BCUT2D eigenvalue weighted by Crippen LogP contribution is -2.46. The van der Waals surface area contributed by atoms with E-state index in [1.54, 1.807) is 59.5 Å². The first kappa shape index (κ1) is 23.8. The van der Waals surface area contributed by atoms with Crippen molar-refractivity contribution < 1.29 is 17.6 Å². The van der Waals surface area contributed by atoms with Crippen LogP contribution in [-0.4, -0.2) is 31.1 Å². The number of sulfonamides is 1. The Bertz CT molecular complexity index is 1420. The zero-order chi connectivity index (χ0) is 25.1. The predicted molar refractivity (Wildman–Crippen MR) is 133 cm³/mol. The van der Waals surface area contributed by atoms with Crippen molar-refractivity contribution in [3.8, 4) is 6.07 Å². The second kappa shape index (κ2) is 9.99. The summed E-state index contributed by atoms with van der Waals surface area (Å²) in [5, 5.41) is 12.5. The summed E-state index contributed by atoms with van der Waals surface area (Å²) in [4.78, 5) is 15.7. The maximum absolute atomic E-state index is 13.9. The molecule has 5 rings (SSSR count). The van der Waals surface area contributed by atoms with E-state index in [0.29, 0.717) is 22.5 Å². The van der Waals surface area contributed by atoms with Gasteiger partial charge in [-0.2, -0.15) is 13.7 Å². The summed E-state index contributed by atoms with van der Waals surface area (Å²) >= 11 is 0. The first-order valence-electron chi connectivity index (χ1n) is 12.0. The van der Waals surface area contributed by atoms with Crippen molar-refractivity contribution in [2.75, 3.05) is 0 Å². The van der Waals surface area contributed by atoms with Crippen LogP contribution in [0.2, 0.25) is 0 Å². The Morgan fingerprint density at radius 1 is 1.08 bits per heavy atom. The van der Waals surface area contributed by atoms with Crippen LogP contribution in [0.25, 0.3) is 0 Å². The molecular formula is C27H26N4O4S. The Morgan fingerprint density at radius 2 is 1.83 bits per heavy atom. The average Bonchev–Trinajstić information content (AvgIpc) is 3.50. The molecule has 1 fully saturated rings. The van der Waals surface area contributed by atoms with E-state index < -0.39 is 16.1 Å². The summed E-state index contributed by atoms with van der Waals surface area (Å²) < 4.78 is 35.6. The van der Waals surface area contributed by atoms with E-state index in [2.05, 4.69) is 15.8 Å². The smallest absolute Gasteiger partial charge is 0.285 e. The van der Waals surface area contributed by atoms with Crippen molar-refractivity contribution in [3.63, 3.8) is 0 Å². The number of nitrogens with one attached hydrogen (secondary N) is 1. The van der Waals surface area contributed by atoms with Crippen molar-refractivity contribution in [1.29, 1.82) is 5.26 Å². The number of rotatable bonds is 6. The van der Waals surface area contributed by atoms with Crippen LogP contribution in [-0.2, 0) is 21.4 Å². The molecule has 2 aromatic carbocycles. The van der Waals surface area contributed by atoms with Gasteiger partial charge in [0.05, 0.1) is 24.4 Å². The quantitative estimate of drug-likeness (QED) is 0.538. The number of carbonyl (C=O) groups is 1. The van der Waals surface area contributed by atoms with Crippen molar-refractivity contribution in [2.24, 2.45) is 4.40 Å². The van der Waals surface area contributed by atoms with Gasteiger partial charge < -0.3 is 14.6 Å². The molecule has 1 aromatic heterocycles. The fourth-order valence-corrected chi connectivity index (χ4v) is 6.11. The number of furan rings is 1. The number of carbonyl (C=O) groups excluding carboxylic acids is 1. The van der Waals surface area contributed by atoms with Gasteiger partial charge in [0.2, 0.25) is 5.91 Å². The summed E-state index contributed by atoms with van der Waals surface area (Å²) in [5.41, 5.74) is 1.53. The van der Waals surface area contributed by atoms with Gasteiger partial charge >= 0.3 is 0 Å². The minimum Gasteiger partial charge on any atom is -0.467 e. The molecule has 1 aliphatic heterocycles. The van der Waals surface area contributed by atoms with Crippen LogP contribution in [0.15, 0.2) is 80.6 Å². The van der Waals surface area contributed by atoms with Gasteiger partial charge in [-0.25, -0.2) is 0 Å². The molecule has 0 bridgehead atoms. The van der Waals surface area contributed by atoms with Gasteiger partial charge in [0.15, 0.2) is 5.84 Å². The van der Waals surface area contributed by atoms with Crippen LogP contribution >= 0.6 is 0 Å². The van der Waals surface area contributed by atoms with Crippen LogP contribution in [0.5, 0.6) is 0 Å². The highest BCUT2D eigenvalue weighted by Gasteiger charge is 2.38. The van der Waals surface area contributed by atoms with Gasteiger partial charge in [-0.1, -0.05) is 43.5 Å². The molecule has 1 unspecified atom stereocenters. The van der Waals surface area contributed by atoms with E-state index in [1.165, 1.54) is 12.3 Å². The highest BCUT2D eigenvalue weighted by atomic mass is 32.2. The molecule has 1 N–H and O–H groups in total. The van der Waals surface area contributed by atoms with E-state index in [1.807, 2.05) is 0 Å². The van der Waals surface area contributed by atoms with E-state index in [4.69, 9.17) is 4.42 Å². The number of amides is 1. The third-order valence-electron chi connectivity index (χ3n) is 6.66. The summed E-state index contributed by atoms with van der Waals surface area (Å²) in [5.74, 6) is 0.501. The van der Waals surface area contributed by atoms with Crippen LogP contribution in [0.3, 0.4) is 0 Å². The summed E-state index contributed by atoms with van der Waals surface area (Å²) in [7, 11) is -3.92. The Labute approximate surface area is 210 Å². The Kier molecular flexibility index (Phi) is 6.61. The van der Waals surface area contributed by atoms with E-state index >= 15 is 0 Å². The van der Waals surface area contributed by atoms with Crippen molar-refractivity contribution >= 4 is 21.8 Å². The van der Waals surface area contributed by atoms with Gasteiger partial charge in [0.25, 0.3) is 10.0 Å². The molecular weight excluding hydrogens is 476 g/mol. The predicted octanol–water partition coefficient (Wildman–Crippen LogP) is 4.29. The third kappa shape index (κ3) is 4.77. The van der Waals surface area contributed by atoms with Crippen molar-refractivity contribution in [1.82, 2.24) is 10.2 Å². The highest BCUT2D eigenvalue weighted by Crippen LogP contribution is 2.34. The molecule has 184 valence electrons. The fraction of sp³-hybridized carbons (Fsp3) is 0.296. The van der Waals surface area contributed by atoms with Gasteiger partial charge in [0, 0.05) is 11.6 Å². The Morgan fingerprint density at radius 3 is 2.53 bits per heavy atom. The molecule has 0 spiro atoms. The summed E-state index contributed by atoms with van der Waals surface area (Å²) in [6, 6.07) is 18.2. The first-order chi connectivity index (χ1) is 17.5. The van der Waals surface area contributed by atoms with Gasteiger partial charge in [-0.3, -0.25) is 4.79 Å². The lowest BCUT2D eigenvalue weighted by molar-refractivity contribution is -0.126. The second-order valence-corrected chi connectivity index (χ2v) is 10.6. The average molecular weight is 503 g/mol. The number of amidine groups is 1. The minimum atomic E-state index is -3.92. The van der Waals surface area contributed by atoms with E-state index in [9.17, 15) is 18.5 Å². The molecule has 2 aliphatic rings. The SMILES string of the molecule is N#Cc1ccc(C(C(=O)NC2CCCCC2)N(Cc2ccco2)C2=NS(=O)(=O)c3ccccc32)cc1. The zero-order valence-corrected chi connectivity index (χ0v) is 20.4. The number of fused-ring (bicyclic) bond motifs is 1. The molecule has 9 heteroatoms. The normalized spacial score (nSPS) is 17.5. The van der Waals surface area contributed by atoms with Crippen LogP contribution < -0.4 is 5.32 Å². The number of nitrogens with zero attached hydrogens (tertiary/aromatic N) is 3. The van der Waals surface area contributed by atoms with Crippen molar-refractivity contribution in [3.05, 3.63) is 89.4 Å². The third-order valence-corrected chi connectivity index (χ3v) is 7.98. The Balaban J connectivity index is 1.62. The van der Waals surface area contributed by atoms with E-state index in [0.717, 1.165) is 32.1 Å². The zero-order valence-electron chi connectivity index (χ0n) is 19.6. The lowest BCUT2D eigenvalue weighted by Gasteiger charge is -2.34. The lowest BCUT2D eigenvalue weighted by atomic mass is 9.94. The summed E-state index contributed by atoms with van der Waals surface area (Å²) in [6.45, 7) is 0.123. The summed E-state index contributed by atoms with van der Waals surface area (Å²) in [6.07, 6.45) is 6.61. The molecule has 1 amide bonds.